The largest absolute Gasteiger partial charge is 0.398 e. The first-order valence-corrected chi connectivity index (χ1v) is 7.71. The van der Waals surface area contributed by atoms with E-state index in [1.165, 1.54) is 23.5 Å². The molecule has 1 aromatic carbocycles. The van der Waals surface area contributed by atoms with Gasteiger partial charge < -0.3 is 5.73 Å². The Balaban J connectivity index is 2.23. The molecule has 19 heavy (non-hydrogen) atoms. The van der Waals surface area contributed by atoms with Crippen LogP contribution in [0.3, 0.4) is 0 Å². The van der Waals surface area contributed by atoms with Gasteiger partial charge in [0.15, 0.2) is 0 Å². The molecule has 2 rings (SSSR count). The second-order valence-electron chi connectivity index (χ2n) is 3.87. The lowest BCUT2D eigenvalue weighted by Gasteiger charge is -2.08. The zero-order valence-corrected chi connectivity index (χ0v) is 11.7. The van der Waals surface area contributed by atoms with Gasteiger partial charge >= 0.3 is 0 Å². The number of thiazole rings is 1. The van der Waals surface area contributed by atoms with E-state index in [1.54, 1.807) is 5.38 Å². The molecule has 1 aromatic heterocycles. The van der Waals surface area contributed by atoms with Crippen LogP contribution in [0.2, 0.25) is 0 Å². The van der Waals surface area contributed by atoms with Crippen molar-refractivity contribution in [1.82, 2.24) is 9.71 Å². The first-order chi connectivity index (χ1) is 8.90. The number of rotatable bonds is 4. The highest BCUT2D eigenvalue weighted by Crippen LogP contribution is 2.21. The van der Waals surface area contributed by atoms with Gasteiger partial charge in [0, 0.05) is 11.1 Å². The van der Waals surface area contributed by atoms with Gasteiger partial charge in [-0.2, -0.15) is 0 Å². The average molecular weight is 301 g/mol. The van der Waals surface area contributed by atoms with Gasteiger partial charge in [0.1, 0.15) is 15.7 Å². The maximum Gasteiger partial charge on any atom is 0.245 e. The molecule has 0 radical (unpaired) electrons. The minimum absolute atomic E-state index is 0.00855. The third-order valence-electron chi connectivity index (χ3n) is 2.35. The lowest BCUT2D eigenvalue weighted by molar-refractivity contribution is 0.558. The second kappa shape index (κ2) is 5.24. The fourth-order valence-electron chi connectivity index (χ4n) is 1.52. The van der Waals surface area contributed by atoms with Gasteiger partial charge in [0.2, 0.25) is 10.0 Å². The number of nitrogens with one attached hydrogen (secondary N) is 1. The molecule has 8 heteroatoms. The standard InChI is InChI=1S/C11H12FN3O2S2/c1-7-6-18-10(15-7)5-14-19(16,17)11-8(12)3-2-4-9(11)13/h2-4,6,14H,5,13H2,1H3. The normalized spacial score (nSPS) is 11.7. The number of halogens is 1. The molecule has 0 saturated heterocycles. The molecule has 0 bridgehead atoms. The van der Waals surface area contributed by atoms with Crippen LogP contribution in [-0.2, 0) is 16.6 Å². The van der Waals surface area contributed by atoms with Crippen LogP contribution >= 0.6 is 11.3 Å². The van der Waals surface area contributed by atoms with E-state index in [9.17, 15) is 12.8 Å². The van der Waals surface area contributed by atoms with Crippen LogP contribution in [0.25, 0.3) is 0 Å². The van der Waals surface area contributed by atoms with Crippen LogP contribution in [0, 0.1) is 12.7 Å². The topological polar surface area (TPSA) is 85.1 Å². The summed E-state index contributed by atoms with van der Waals surface area (Å²) in [4.78, 5) is 3.59. The predicted octanol–water partition coefficient (Wildman–Crippen LogP) is 1.65. The first-order valence-electron chi connectivity index (χ1n) is 5.35. The number of hydrogen-bond donors (Lipinski definition) is 2. The fraction of sp³-hybridized carbons (Fsp3) is 0.182. The van der Waals surface area contributed by atoms with Gasteiger partial charge in [-0.05, 0) is 19.1 Å². The Bertz CT molecular complexity index is 677. The van der Waals surface area contributed by atoms with E-state index < -0.39 is 20.7 Å². The highest BCUT2D eigenvalue weighted by molar-refractivity contribution is 7.89. The molecule has 0 amide bonds. The number of benzene rings is 1. The number of hydrogen-bond acceptors (Lipinski definition) is 5. The molecule has 0 unspecified atom stereocenters. The summed E-state index contributed by atoms with van der Waals surface area (Å²) in [6.07, 6.45) is 0. The predicted molar refractivity (Wildman–Crippen MR) is 71.7 cm³/mol. The van der Waals surface area contributed by atoms with Gasteiger partial charge in [-0.1, -0.05) is 6.07 Å². The van der Waals surface area contributed by atoms with Crippen LogP contribution < -0.4 is 10.5 Å². The number of anilines is 1. The molecule has 0 atom stereocenters. The van der Waals surface area contributed by atoms with E-state index in [0.29, 0.717) is 5.01 Å². The van der Waals surface area contributed by atoms with Crippen LogP contribution in [0.5, 0.6) is 0 Å². The molecule has 5 nitrogen and oxygen atoms in total. The molecule has 0 aliphatic rings. The van der Waals surface area contributed by atoms with E-state index in [2.05, 4.69) is 9.71 Å². The van der Waals surface area contributed by atoms with Crippen molar-refractivity contribution in [1.29, 1.82) is 0 Å². The molecule has 102 valence electrons. The number of nitrogen functional groups attached to an aromatic ring is 1. The Morgan fingerprint density at radius 1 is 1.47 bits per heavy atom. The van der Waals surface area contributed by atoms with Gasteiger partial charge in [-0.25, -0.2) is 22.5 Å². The van der Waals surface area contributed by atoms with Gasteiger partial charge in [0.25, 0.3) is 0 Å². The van der Waals surface area contributed by atoms with Crippen LogP contribution in [0.4, 0.5) is 10.1 Å². The first kappa shape index (κ1) is 13.9. The van der Waals surface area contributed by atoms with Crippen molar-refractivity contribution >= 4 is 27.0 Å². The molecule has 0 spiro atoms. The summed E-state index contributed by atoms with van der Waals surface area (Å²) < 4.78 is 39.8. The number of sulfonamides is 1. The smallest absolute Gasteiger partial charge is 0.245 e. The van der Waals surface area contributed by atoms with E-state index in [0.717, 1.165) is 11.8 Å². The Hall–Kier alpha value is -1.51. The third-order valence-corrected chi connectivity index (χ3v) is 4.81. The summed E-state index contributed by atoms with van der Waals surface area (Å²) in [5, 5.41) is 2.41. The Morgan fingerprint density at radius 3 is 2.79 bits per heavy atom. The van der Waals surface area contributed by atoms with Crippen molar-refractivity contribution < 1.29 is 12.8 Å². The van der Waals surface area contributed by atoms with Crippen LogP contribution in [0.15, 0.2) is 28.5 Å². The number of nitrogens with two attached hydrogens (primary N) is 1. The summed E-state index contributed by atoms with van der Waals surface area (Å²) >= 11 is 1.33. The van der Waals surface area contributed by atoms with Crippen LogP contribution in [-0.4, -0.2) is 13.4 Å². The van der Waals surface area contributed by atoms with Crippen molar-refractivity contribution in [3.63, 3.8) is 0 Å². The van der Waals surface area contributed by atoms with Crippen molar-refractivity contribution in [3.05, 3.63) is 40.1 Å². The van der Waals surface area contributed by atoms with Gasteiger partial charge in [0.05, 0.1) is 12.2 Å². The lowest BCUT2D eigenvalue weighted by atomic mass is 10.3. The molecular weight excluding hydrogens is 289 g/mol. The molecule has 0 saturated carbocycles. The van der Waals surface area contributed by atoms with E-state index in [4.69, 9.17) is 5.73 Å². The Labute approximate surface area is 114 Å². The lowest BCUT2D eigenvalue weighted by Crippen LogP contribution is -2.25. The van der Waals surface area contributed by atoms with Crippen molar-refractivity contribution in [2.45, 2.75) is 18.4 Å². The fourth-order valence-corrected chi connectivity index (χ4v) is 3.50. The molecule has 3 N–H and O–H groups in total. The molecular formula is C11H12FN3O2S2. The summed E-state index contributed by atoms with van der Waals surface area (Å²) in [5.41, 5.74) is 6.20. The second-order valence-corrected chi connectivity index (χ2v) is 6.51. The quantitative estimate of drug-likeness (QED) is 0.841. The SMILES string of the molecule is Cc1csc(CNS(=O)(=O)c2c(N)cccc2F)n1. The molecule has 0 aliphatic heterocycles. The molecule has 0 fully saturated rings. The van der Waals surface area contributed by atoms with E-state index >= 15 is 0 Å². The average Bonchev–Trinajstić information content (AvgIpc) is 2.72. The highest BCUT2D eigenvalue weighted by atomic mass is 32.2. The van der Waals surface area contributed by atoms with Crippen molar-refractivity contribution in [2.75, 3.05) is 5.73 Å². The van der Waals surface area contributed by atoms with Gasteiger partial charge in [-0.3, -0.25) is 0 Å². The monoisotopic (exact) mass is 301 g/mol. The number of nitrogens with zero attached hydrogens (tertiary/aromatic N) is 1. The Morgan fingerprint density at radius 2 is 2.21 bits per heavy atom. The minimum atomic E-state index is -3.99. The van der Waals surface area contributed by atoms with E-state index in [1.807, 2.05) is 6.92 Å². The number of aryl methyl sites for hydroxylation is 1. The number of aromatic nitrogens is 1. The highest BCUT2D eigenvalue weighted by Gasteiger charge is 2.22. The zero-order valence-electron chi connectivity index (χ0n) is 10.1. The molecule has 1 heterocycles. The van der Waals surface area contributed by atoms with E-state index in [-0.39, 0.29) is 12.2 Å². The maximum atomic E-state index is 13.6. The summed E-state index contributed by atoms with van der Waals surface area (Å²) in [7, 11) is -3.99. The molecule has 0 aliphatic carbocycles. The summed E-state index contributed by atoms with van der Waals surface area (Å²) in [6, 6.07) is 3.75. The molecule has 2 aromatic rings. The van der Waals surface area contributed by atoms with Crippen molar-refractivity contribution in [3.8, 4) is 0 Å². The maximum absolute atomic E-state index is 13.6. The van der Waals surface area contributed by atoms with Crippen LogP contribution in [0.1, 0.15) is 10.7 Å². The summed E-state index contributed by atoms with van der Waals surface area (Å²) in [6.45, 7) is 1.82. The summed E-state index contributed by atoms with van der Waals surface area (Å²) in [5.74, 6) is -0.872. The zero-order chi connectivity index (χ0) is 14.0. The minimum Gasteiger partial charge on any atom is -0.398 e. The van der Waals surface area contributed by atoms with Gasteiger partial charge in [-0.15, -0.1) is 11.3 Å². The van der Waals surface area contributed by atoms with Crippen molar-refractivity contribution in [2.24, 2.45) is 0 Å². The third kappa shape index (κ3) is 3.09. The Kier molecular flexibility index (Phi) is 3.83.